The van der Waals surface area contributed by atoms with Gasteiger partial charge in [-0.05, 0) is 18.1 Å². The molecule has 2 heteroatoms. The Balaban J connectivity index is 2.32. The number of hydrogen-bond acceptors (Lipinski definition) is 2. The third kappa shape index (κ3) is 3.55. The van der Waals surface area contributed by atoms with E-state index in [1.54, 1.807) is 13.0 Å². The first-order valence-corrected chi connectivity index (χ1v) is 6.24. The number of carbonyl (C=O) groups is 1. The zero-order valence-electron chi connectivity index (χ0n) is 10.8. The molecule has 96 valence electrons. The molecule has 0 aliphatic heterocycles. The van der Waals surface area contributed by atoms with Crippen LogP contribution < -0.4 is 0 Å². The number of ether oxygens (including phenoxy) is 1. The van der Waals surface area contributed by atoms with E-state index in [-0.39, 0.29) is 12.1 Å². The monoisotopic (exact) mass is 252 g/mol. The minimum Gasteiger partial charge on any atom is -0.449 e. The normalized spacial score (nSPS) is 10.8. The summed E-state index contributed by atoms with van der Waals surface area (Å²) in [5.41, 5.74) is 1.93. The average Bonchev–Trinajstić information content (AvgIpc) is 2.47. The Labute approximate surface area is 113 Å². The van der Waals surface area contributed by atoms with Gasteiger partial charge in [-0.25, -0.2) is 4.79 Å². The van der Waals surface area contributed by atoms with Crippen molar-refractivity contribution >= 4 is 5.97 Å². The highest BCUT2D eigenvalue weighted by molar-refractivity contribution is 5.82. The Morgan fingerprint density at radius 1 is 0.947 bits per heavy atom. The fourth-order valence-corrected chi connectivity index (χ4v) is 1.88. The molecule has 0 amide bonds. The lowest BCUT2D eigenvalue weighted by atomic mass is 10.0. The first-order valence-electron chi connectivity index (χ1n) is 6.24. The Morgan fingerprint density at radius 2 is 1.42 bits per heavy atom. The van der Waals surface area contributed by atoms with Crippen molar-refractivity contribution < 1.29 is 9.53 Å². The fourth-order valence-electron chi connectivity index (χ4n) is 1.88. The van der Waals surface area contributed by atoms with E-state index in [2.05, 4.69) is 0 Å². The van der Waals surface area contributed by atoms with Gasteiger partial charge in [0.25, 0.3) is 0 Å². The van der Waals surface area contributed by atoms with Crippen LogP contribution >= 0.6 is 0 Å². The second-order valence-corrected chi connectivity index (χ2v) is 4.14. The van der Waals surface area contributed by atoms with Crippen molar-refractivity contribution in [2.45, 2.75) is 13.0 Å². The summed E-state index contributed by atoms with van der Waals surface area (Å²) in [6.45, 7) is 1.79. The first-order chi connectivity index (χ1) is 9.31. The van der Waals surface area contributed by atoms with Crippen LogP contribution in [0.15, 0.2) is 72.8 Å². The van der Waals surface area contributed by atoms with Gasteiger partial charge in [-0.15, -0.1) is 0 Å². The van der Waals surface area contributed by atoms with Crippen molar-refractivity contribution in [2.24, 2.45) is 0 Å². The van der Waals surface area contributed by atoms with Crippen LogP contribution in [0, 0.1) is 0 Å². The number of hydrogen-bond donors (Lipinski definition) is 0. The minimum atomic E-state index is -0.369. The number of carbonyl (C=O) groups excluding carboxylic acids is 1. The van der Waals surface area contributed by atoms with E-state index in [0.29, 0.717) is 0 Å². The predicted molar refractivity (Wildman–Crippen MR) is 75.6 cm³/mol. The fraction of sp³-hybridized carbons (Fsp3) is 0.118. The first kappa shape index (κ1) is 13.1. The van der Waals surface area contributed by atoms with Gasteiger partial charge in [-0.2, -0.15) is 0 Å². The van der Waals surface area contributed by atoms with Crippen LogP contribution in [0.3, 0.4) is 0 Å². The van der Waals surface area contributed by atoms with Crippen LogP contribution in [0.5, 0.6) is 0 Å². The van der Waals surface area contributed by atoms with E-state index in [9.17, 15) is 4.79 Å². The van der Waals surface area contributed by atoms with Crippen molar-refractivity contribution in [2.75, 3.05) is 0 Å². The standard InChI is InChI=1S/C17H16O2/c1-2-9-16(18)19-17(14-10-5-3-6-11-14)15-12-7-4-8-13-15/h2-13,17H,1H3. The quantitative estimate of drug-likeness (QED) is 0.609. The maximum absolute atomic E-state index is 11.7. The number of rotatable bonds is 4. The molecule has 0 unspecified atom stereocenters. The van der Waals surface area contributed by atoms with Crippen LogP contribution in [0.2, 0.25) is 0 Å². The summed E-state index contributed by atoms with van der Waals surface area (Å²) in [6, 6.07) is 19.5. The Morgan fingerprint density at radius 3 is 1.84 bits per heavy atom. The molecule has 0 atom stereocenters. The Hall–Kier alpha value is -2.35. The molecule has 0 aliphatic rings. The molecule has 0 saturated carbocycles. The SMILES string of the molecule is CC=CC(=O)OC(c1ccccc1)c1ccccc1. The molecule has 19 heavy (non-hydrogen) atoms. The van der Waals surface area contributed by atoms with Gasteiger partial charge >= 0.3 is 5.97 Å². The minimum absolute atomic E-state index is 0.333. The molecule has 0 aromatic heterocycles. The summed E-state index contributed by atoms with van der Waals surface area (Å²) in [5, 5.41) is 0. The molecule has 2 aromatic rings. The van der Waals surface area contributed by atoms with Crippen molar-refractivity contribution in [1.82, 2.24) is 0 Å². The molecule has 0 saturated heterocycles. The van der Waals surface area contributed by atoms with E-state index >= 15 is 0 Å². The molecular weight excluding hydrogens is 236 g/mol. The van der Waals surface area contributed by atoms with Crippen molar-refractivity contribution in [3.8, 4) is 0 Å². The van der Waals surface area contributed by atoms with Gasteiger partial charge in [0.15, 0.2) is 6.10 Å². The molecule has 0 aliphatic carbocycles. The topological polar surface area (TPSA) is 26.3 Å². The van der Waals surface area contributed by atoms with Crippen molar-refractivity contribution in [1.29, 1.82) is 0 Å². The maximum atomic E-state index is 11.7. The summed E-state index contributed by atoms with van der Waals surface area (Å²) in [6.07, 6.45) is 2.74. The second-order valence-electron chi connectivity index (χ2n) is 4.14. The van der Waals surface area contributed by atoms with Crippen LogP contribution in [0.25, 0.3) is 0 Å². The lowest BCUT2D eigenvalue weighted by Crippen LogP contribution is -2.10. The number of esters is 1. The molecule has 0 radical (unpaired) electrons. The van der Waals surface area contributed by atoms with E-state index in [1.807, 2.05) is 60.7 Å². The molecule has 0 N–H and O–H groups in total. The van der Waals surface area contributed by atoms with E-state index < -0.39 is 0 Å². The van der Waals surface area contributed by atoms with E-state index in [4.69, 9.17) is 4.74 Å². The van der Waals surface area contributed by atoms with Gasteiger partial charge in [-0.1, -0.05) is 66.7 Å². The number of allylic oxidation sites excluding steroid dienone is 1. The molecule has 2 nitrogen and oxygen atoms in total. The van der Waals surface area contributed by atoms with Gasteiger partial charge in [0.1, 0.15) is 0 Å². The number of benzene rings is 2. The van der Waals surface area contributed by atoms with Crippen molar-refractivity contribution in [3.63, 3.8) is 0 Å². The Kier molecular flexibility index (Phi) is 4.51. The van der Waals surface area contributed by atoms with Gasteiger partial charge in [-0.3, -0.25) is 0 Å². The van der Waals surface area contributed by atoms with E-state index in [1.165, 1.54) is 6.08 Å². The highest BCUT2D eigenvalue weighted by Gasteiger charge is 2.17. The highest BCUT2D eigenvalue weighted by atomic mass is 16.5. The summed E-state index contributed by atoms with van der Waals surface area (Å²) >= 11 is 0. The summed E-state index contributed by atoms with van der Waals surface area (Å²) in [7, 11) is 0. The molecule has 0 heterocycles. The lowest BCUT2D eigenvalue weighted by molar-refractivity contribution is -0.141. The Bertz CT molecular complexity index is 504. The zero-order chi connectivity index (χ0) is 13.5. The molecule has 0 spiro atoms. The average molecular weight is 252 g/mol. The second kappa shape index (κ2) is 6.55. The maximum Gasteiger partial charge on any atom is 0.331 e. The summed E-state index contributed by atoms with van der Waals surface area (Å²) < 4.78 is 5.54. The smallest absolute Gasteiger partial charge is 0.331 e. The largest absolute Gasteiger partial charge is 0.449 e. The van der Waals surface area contributed by atoms with Gasteiger partial charge in [0.2, 0.25) is 0 Å². The molecule has 2 aromatic carbocycles. The molecule has 0 fully saturated rings. The summed E-state index contributed by atoms with van der Waals surface area (Å²) in [5.74, 6) is -0.333. The molecule has 2 rings (SSSR count). The third-order valence-electron chi connectivity index (χ3n) is 2.74. The molecule has 0 bridgehead atoms. The van der Waals surface area contributed by atoms with Crippen molar-refractivity contribution in [3.05, 3.63) is 83.9 Å². The van der Waals surface area contributed by atoms with Crippen LogP contribution in [-0.2, 0) is 9.53 Å². The molecular formula is C17H16O2. The highest BCUT2D eigenvalue weighted by Crippen LogP contribution is 2.25. The van der Waals surface area contributed by atoms with Crippen LogP contribution in [0.4, 0.5) is 0 Å². The van der Waals surface area contributed by atoms with Crippen LogP contribution in [-0.4, -0.2) is 5.97 Å². The van der Waals surface area contributed by atoms with Gasteiger partial charge < -0.3 is 4.74 Å². The van der Waals surface area contributed by atoms with Gasteiger partial charge in [0.05, 0.1) is 0 Å². The van der Waals surface area contributed by atoms with E-state index in [0.717, 1.165) is 11.1 Å². The predicted octanol–water partition coefficient (Wildman–Crippen LogP) is 3.90. The van der Waals surface area contributed by atoms with Crippen LogP contribution in [0.1, 0.15) is 24.2 Å². The zero-order valence-corrected chi connectivity index (χ0v) is 10.8. The van der Waals surface area contributed by atoms with Gasteiger partial charge in [0, 0.05) is 6.08 Å². The lowest BCUT2D eigenvalue weighted by Gasteiger charge is -2.17. The third-order valence-corrected chi connectivity index (χ3v) is 2.74. The summed E-state index contributed by atoms with van der Waals surface area (Å²) in [4.78, 5) is 11.7.